The molecule has 2 aromatic carbocycles. The van der Waals surface area contributed by atoms with Crippen LogP contribution < -0.4 is 32.4 Å². The van der Waals surface area contributed by atoms with E-state index in [4.69, 9.17) is 11.5 Å². The van der Waals surface area contributed by atoms with Gasteiger partial charge in [-0.3, -0.25) is 9.78 Å². The summed E-state index contributed by atoms with van der Waals surface area (Å²) in [6.45, 7) is 1.51. The average molecular weight is 493 g/mol. The number of rotatable bonds is 9. The first kappa shape index (κ1) is 25.6. The Morgan fingerprint density at radius 1 is 1.20 bits per heavy atom. The summed E-state index contributed by atoms with van der Waals surface area (Å²) in [6.07, 6.45) is -2.94. The van der Waals surface area contributed by atoms with Gasteiger partial charge in [-0.15, -0.1) is 13.2 Å². The quantitative estimate of drug-likeness (QED) is 0.133. The smallest absolute Gasteiger partial charge is 0.404 e. The number of aromatic amines is 1. The van der Waals surface area contributed by atoms with Crippen molar-refractivity contribution in [2.75, 3.05) is 18.4 Å². The molecule has 3 rings (SSSR count). The fourth-order valence-corrected chi connectivity index (χ4v) is 3.02. The van der Waals surface area contributed by atoms with E-state index >= 15 is 0 Å². The van der Waals surface area contributed by atoms with Gasteiger partial charge < -0.3 is 26.8 Å². The zero-order valence-corrected chi connectivity index (χ0v) is 18.3. The lowest BCUT2D eigenvalue weighted by Gasteiger charge is -2.13. The number of benzene rings is 2. The number of H-pyrrole nitrogens is 1. The highest BCUT2D eigenvalue weighted by Crippen LogP contribution is 2.29. The highest BCUT2D eigenvalue weighted by atomic mass is 19.4. The fraction of sp³-hybridized carbons (Fsp3) is 0.227. The molecule has 0 saturated carbocycles. The number of nitrogens with two attached hydrogens (primary N) is 2. The first-order valence-corrected chi connectivity index (χ1v) is 10.4. The number of nitrogens with one attached hydrogen (secondary N) is 3. The van der Waals surface area contributed by atoms with Gasteiger partial charge in [0, 0.05) is 18.3 Å². The second-order valence-electron chi connectivity index (χ2n) is 7.24. The first-order valence-electron chi connectivity index (χ1n) is 10.4. The van der Waals surface area contributed by atoms with Crippen LogP contribution in [0.1, 0.15) is 12.0 Å². The summed E-state index contributed by atoms with van der Waals surface area (Å²) in [6, 6.07) is 9.59. The third-order valence-corrected chi connectivity index (χ3v) is 4.62. The zero-order chi connectivity index (χ0) is 25.4. The molecule has 0 radical (unpaired) electrons. The molecule has 1 heterocycles. The molecule has 0 spiro atoms. The van der Waals surface area contributed by atoms with Crippen molar-refractivity contribution in [1.29, 1.82) is 0 Å². The largest absolute Gasteiger partial charge is 0.573 e. The van der Waals surface area contributed by atoms with E-state index in [9.17, 15) is 22.4 Å². The number of aromatic nitrogens is 2. The molecule has 35 heavy (non-hydrogen) atoms. The third kappa shape index (κ3) is 7.52. The van der Waals surface area contributed by atoms with Gasteiger partial charge in [0.2, 0.25) is 11.9 Å². The van der Waals surface area contributed by atoms with Crippen LogP contribution in [0.4, 0.5) is 29.2 Å². The lowest BCUT2D eigenvalue weighted by molar-refractivity contribution is -0.274. The van der Waals surface area contributed by atoms with Crippen LogP contribution in [0.25, 0.3) is 11.1 Å². The second-order valence-corrected chi connectivity index (χ2v) is 7.24. The van der Waals surface area contributed by atoms with Crippen LogP contribution in [0.3, 0.4) is 0 Å². The predicted molar refractivity (Wildman–Crippen MR) is 124 cm³/mol. The summed E-state index contributed by atoms with van der Waals surface area (Å²) in [5.74, 6) is -1.57. The fourth-order valence-electron chi connectivity index (χ4n) is 3.02. The van der Waals surface area contributed by atoms with E-state index in [0.717, 1.165) is 12.5 Å². The number of guanidine groups is 1. The predicted octanol–water partition coefficient (Wildman–Crippen LogP) is 2.97. The van der Waals surface area contributed by atoms with Gasteiger partial charge in [-0.25, -0.2) is 9.37 Å². The number of nitrogens with zero attached hydrogens (tertiary/aromatic N) is 2. The molecule has 0 bridgehead atoms. The van der Waals surface area contributed by atoms with Crippen LogP contribution in [0, 0.1) is 5.82 Å². The number of alkyl halides is 3. The van der Waals surface area contributed by atoms with E-state index in [1.165, 1.54) is 30.5 Å². The van der Waals surface area contributed by atoms with E-state index in [1.54, 1.807) is 12.1 Å². The normalized spacial score (nSPS) is 12.0. The molecule has 0 aliphatic heterocycles. The van der Waals surface area contributed by atoms with Gasteiger partial charge in [-0.1, -0.05) is 24.3 Å². The maximum atomic E-state index is 14.4. The number of para-hydroxylation sites is 2. The van der Waals surface area contributed by atoms with Crippen molar-refractivity contribution < 1.29 is 22.3 Å². The minimum absolute atomic E-state index is 0.0981. The zero-order valence-electron chi connectivity index (χ0n) is 18.3. The van der Waals surface area contributed by atoms with E-state index in [-0.39, 0.29) is 23.2 Å². The van der Waals surface area contributed by atoms with Crippen molar-refractivity contribution in [3.8, 4) is 16.9 Å². The molecule has 0 aliphatic rings. The molecule has 186 valence electrons. The number of anilines is 1. The SMILES string of the molecule is NCCCNCc1ccc(-c2cnc(/N=C(\N)Nc3ccccc3OC(F)(F)F)[nH]c2=O)cc1F. The van der Waals surface area contributed by atoms with Gasteiger partial charge in [0.15, 0.2) is 5.75 Å². The molecule has 13 heteroatoms. The van der Waals surface area contributed by atoms with Gasteiger partial charge in [0.05, 0.1) is 11.3 Å². The van der Waals surface area contributed by atoms with Gasteiger partial charge in [0.1, 0.15) is 5.82 Å². The number of ether oxygens (including phenoxy) is 1. The molecular weight excluding hydrogens is 470 g/mol. The molecule has 0 aliphatic carbocycles. The van der Waals surface area contributed by atoms with Gasteiger partial charge >= 0.3 is 6.36 Å². The molecule has 0 saturated heterocycles. The van der Waals surface area contributed by atoms with Gasteiger partial charge in [0.25, 0.3) is 5.56 Å². The monoisotopic (exact) mass is 493 g/mol. The Hall–Kier alpha value is -3.97. The van der Waals surface area contributed by atoms with Gasteiger partial charge in [-0.2, -0.15) is 4.99 Å². The molecule has 0 fully saturated rings. The Kier molecular flexibility index (Phi) is 8.39. The van der Waals surface area contributed by atoms with Crippen molar-refractivity contribution in [3.05, 3.63) is 70.4 Å². The number of halogens is 4. The summed E-state index contributed by atoms with van der Waals surface area (Å²) in [7, 11) is 0. The highest BCUT2D eigenvalue weighted by molar-refractivity contribution is 5.94. The van der Waals surface area contributed by atoms with Gasteiger partial charge in [-0.05, 0) is 43.3 Å². The van der Waals surface area contributed by atoms with E-state index in [0.29, 0.717) is 30.8 Å². The minimum atomic E-state index is -4.90. The van der Waals surface area contributed by atoms with Crippen molar-refractivity contribution in [2.45, 2.75) is 19.3 Å². The van der Waals surface area contributed by atoms with E-state index in [2.05, 4.69) is 30.3 Å². The highest BCUT2D eigenvalue weighted by Gasteiger charge is 2.32. The average Bonchev–Trinajstić information content (AvgIpc) is 2.78. The van der Waals surface area contributed by atoms with Crippen LogP contribution in [-0.2, 0) is 6.54 Å². The number of hydrogen-bond donors (Lipinski definition) is 5. The van der Waals surface area contributed by atoms with Crippen LogP contribution in [-0.4, -0.2) is 35.4 Å². The lowest BCUT2D eigenvalue weighted by atomic mass is 10.1. The van der Waals surface area contributed by atoms with Crippen LogP contribution in [0.5, 0.6) is 5.75 Å². The molecule has 0 unspecified atom stereocenters. The van der Waals surface area contributed by atoms with Crippen molar-refractivity contribution in [2.24, 2.45) is 16.5 Å². The van der Waals surface area contributed by atoms with E-state index in [1.807, 2.05) is 0 Å². The van der Waals surface area contributed by atoms with Crippen molar-refractivity contribution >= 4 is 17.6 Å². The summed E-state index contributed by atoms with van der Waals surface area (Å²) < 4.78 is 56.1. The van der Waals surface area contributed by atoms with Crippen molar-refractivity contribution in [3.63, 3.8) is 0 Å². The second kappa shape index (κ2) is 11.4. The summed E-state index contributed by atoms with van der Waals surface area (Å²) in [5, 5.41) is 5.54. The molecule has 1 aromatic heterocycles. The Balaban J connectivity index is 1.74. The maximum absolute atomic E-state index is 14.4. The van der Waals surface area contributed by atoms with Crippen LogP contribution >= 0.6 is 0 Å². The molecule has 3 aromatic rings. The third-order valence-electron chi connectivity index (χ3n) is 4.62. The molecule has 7 N–H and O–H groups in total. The molecule has 0 amide bonds. The molecule has 9 nitrogen and oxygen atoms in total. The topological polar surface area (TPSA) is 143 Å². The Morgan fingerprint density at radius 3 is 2.66 bits per heavy atom. The summed E-state index contributed by atoms with van der Waals surface area (Å²) >= 11 is 0. The Bertz CT molecular complexity index is 1240. The van der Waals surface area contributed by atoms with Crippen LogP contribution in [0.2, 0.25) is 0 Å². The van der Waals surface area contributed by atoms with Crippen LogP contribution in [0.15, 0.2) is 58.4 Å². The molecular formula is C22H23F4N7O2. The minimum Gasteiger partial charge on any atom is -0.404 e. The van der Waals surface area contributed by atoms with E-state index < -0.39 is 23.5 Å². The maximum Gasteiger partial charge on any atom is 0.573 e. The summed E-state index contributed by atoms with van der Waals surface area (Å²) in [4.78, 5) is 22.7. The first-order chi connectivity index (χ1) is 16.7. The molecule has 0 atom stereocenters. The summed E-state index contributed by atoms with van der Waals surface area (Å²) in [5.41, 5.74) is 11.3. The number of aliphatic imine (C=N–C) groups is 1. The standard InChI is InChI=1S/C22H23F4N7O2/c23-16-10-13(6-7-14(16)11-29-9-3-8-27)15-12-30-21(32-19(15)34)33-20(28)31-17-4-1-2-5-18(17)35-22(24,25)26/h1-2,4-7,10,12,29H,3,8-9,11,27H2,(H4,28,30,31,32,33,34). The lowest BCUT2D eigenvalue weighted by Crippen LogP contribution is -2.24. The Morgan fingerprint density at radius 2 is 1.97 bits per heavy atom. The number of hydrogen-bond acceptors (Lipinski definition) is 6. The Labute approximate surface area is 197 Å². The van der Waals surface area contributed by atoms with Crippen molar-refractivity contribution in [1.82, 2.24) is 15.3 Å².